The molecule has 0 aromatic rings. The van der Waals surface area contributed by atoms with Crippen LogP contribution in [0, 0.1) is 29.6 Å². The first-order chi connectivity index (χ1) is 10.3. The lowest BCUT2D eigenvalue weighted by Gasteiger charge is -2.36. The van der Waals surface area contributed by atoms with Crippen molar-refractivity contribution in [1.82, 2.24) is 0 Å². The molecule has 3 fully saturated rings. The minimum absolute atomic E-state index is 0.395. The molecule has 1 saturated heterocycles. The van der Waals surface area contributed by atoms with Crippen LogP contribution in [0.2, 0.25) is 0 Å². The summed E-state index contributed by atoms with van der Waals surface area (Å²) in [6.45, 7) is 2.45. The van der Waals surface area contributed by atoms with Crippen LogP contribution < -0.4 is 0 Å². The second kappa shape index (κ2) is 8.02. The van der Waals surface area contributed by atoms with Crippen molar-refractivity contribution in [2.75, 3.05) is 12.3 Å². The van der Waals surface area contributed by atoms with Gasteiger partial charge < -0.3 is 0 Å². The third-order valence-corrected chi connectivity index (χ3v) is 9.34. The maximum atomic E-state index is 3.68. The lowest BCUT2D eigenvalue weighted by atomic mass is 9.86. The lowest BCUT2D eigenvalue weighted by molar-refractivity contribution is 0.419. The van der Waals surface area contributed by atoms with Crippen LogP contribution in [0.5, 0.6) is 0 Å². The highest BCUT2D eigenvalue weighted by molar-refractivity contribution is 7.58. The quantitative estimate of drug-likeness (QED) is 0.409. The van der Waals surface area contributed by atoms with Gasteiger partial charge in [0.15, 0.2) is 0 Å². The van der Waals surface area contributed by atoms with E-state index in [0.29, 0.717) is 7.92 Å². The van der Waals surface area contributed by atoms with Crippen molar-refractivity contribution in [2.24, 2.45) is 17.8 Å². The molecule has 1 heteroatoms. The van der Waals surface area contributed by atoms with Crippen molar-refractivity contribution in [3.8, 4) is 11.8 Å². The number of hydrogen-bond donors (Lipinski definition) is 0. The monoisotopic (exact) mass is 304 g/mol. The second-order valence-corrected chi connectivity index (χ2v) is 10.6. The molecular formula is C20H33P. The summed E-state index contributed by atoms with van der Waals surface area (Å²) in [6.07, 6.45) is 19.1. The van der Waals surface area contributed by atoms with Crippen molar-refractivity contribution >= 4 is 7.92 Å². The summed E-state index contributed by atoms with van der Waals surface area (Å²) < 4.78 is 0. The van der Waals surface area contributed by atoms with Gasteiger partial charge >= 0.3 is 0 Å². The molecule has 0 nitrogen and oxygen atoms in total. The normalized spacial score (nSPS) is 38.5. The fourth-order valence-electron chi connectivity index (χ4n) is 4.46. The summed E-state index contributed by atoms with van der Waals surface area (Å²) in [5.41, 5.74) is 1.11. The zero-order chi connectivity index (χ0) is 14.5. The van der Waals surface area contributed by atoms with E-state index in [4.69, 9.17) is 0 Å². The zero-order valence-electron chi connectivity index (χ0n) is 13.9. The molecule has 0 N–H and O–H groups in total. The van der Waals surface area contributed by atoms with Gasteiger partial charge in [-0.25, -0.2) is 0 Å². The predicted octanol–water partition coefficient (Wildman–Crippen LogP) is 6.04. The van der Waals surface area contributed by atoms with E-state index in [1.807, 2.05) is 0 Å². The fraction of sp³-hybridized carbons (Fsp3) is 0.900. The average Bonchev–Trinajstić information content (AvgIpc) is 2.55. The zero-order valence-corrected chi connectivity index (χ0v) is 14.8. The highest BCUT2D eigenvalue weighted by Crippen LogP contribution is 2.52. The Kier molecular flexibility index (Phi) is 6.06. The molecule has 3 aliphatic rings. The van der Waals surface area contributed by atoms with Crippen LogP contribution in [-0.4, -0.2) is 18.0 Å². The molecule has 0 bridgehead atoms. The molecule has 0 spiro atoms. The lowest BCUT2D eigenvalue weighted by Crippen LogP contribution is -2.22. The molecule has 2 saturated carbocycles. The Morgan fingerprint density at radius 2 is 1.24 bits per heavy atom. The third-order valence-electron chi connectivity index (χ3n) is 6.13. The Morgan fingerprint density at radius 1 is 0.667 bits per heavy atom. The maximum Gasteiger partial charge on any atom is 0.0203 e. The van der Waals surface area contributed by atoms with Gasteiger partial charge in [-0.3, -0.25) is 0 Å². The van der Waals surface area contributed by atoms with Crippen molar-refractivity contribution in [3.63, 3.8) is 0 Å². The number of hydrogen-bond acceptors (Lipinski definition) is 0. The van der Waals surface area contributed by atoms with Crippen LogP contribution in [0.15, 0.2) is 0 Å². The van der Waals surface area contributed by atoms with E-state index in [0.717, 1.165) is 23.4 Å². The molecule has 0 atom stereocenters. The summed E-state index contributed by atoms with van der Waals surface area (Å²) in [7, 11) is 0.395. The Labute approximate surface area is 133 Å². The topological polar surface area (TPSA) is 0 Å². The van der Waals surface area contributed by atoms with Gasteiger partial charge in [0, 0.05) is 11.8 Å². The second-order valence-electron chi connectivity index (χ2n) is 7.85. The van der Waals surface area contributed by atoms with Crippen LogP contribution in [0.3, 0.4) is 0 Å². The molecule has 21 heavy (non-hydrogen) atoms. The van der Waals surface area contributed by atoms with Gasteiger partial charge in [-0.1, -0.05) is 38.0 Å². The summed E-state index contributed by atoms with van der Waals surface area (Å²) in [4.78, 5) is 0. The minimum atomic E-state index is 0.395. The first-order valence-corrected chi connectivity index (χ1v) is 11.3. The largest absolute Gasteiger partial charge is 0.104 e. The van der Waals surface area contributed by atoms with E-state index < -0.39 is 0 Å². The van der Waals surface area contributed by atoms with Crippen LogP contribution in [0.1, 0.15) is 77.6 Å². The van der Waals surface area contributed by atoms with Crippen molar-refractivity contribution in [3.05, 3.63) is 0 Å². The highest BCUT2D eigenvalue weighted by atomic mass is 31.1. The molecule has 0 aromatic heterocycles. The van der Waals surface area contributed by atoms with Crippen LogP contribution in [-0.2, 0) is 0 Å². The molecular weight excluding hydrogens is 271 g/mol. The average molecular weight is 304 g/mol. The van der Waals surface area contributed by atoms with Crippen molar-refractivity contribution in [2.45, 2.75) is 83.2 Å². The van der Waals surface area contributed by atoms with Gasteiger partial charge in [-0.2, -0.15) is 0 Å². The first-order valence-electron chi connectivity index (χ1n) is 9.56. The van der Waals surface area contributed by atoms with Crippen molar-refractivity contribution in [1.29, 1.82) is 0 Å². The Hall–Kier alpha value is -0.0100. The van der Waals surface area contributed by atoms with E-state index in [-0.39, 0.29) is 0 Å². The SMILES string of the molecule is CC1CCP(C2CCC(C#CC3CCCCC3)CC2)CC1. The van der Waals surface area contributed by atoms with E-state index >= 15 is 0 Å². The third kappa shape index (κ3) is 4.73. The summed E-state index contributed by atoms with van der Waals surface area (Å²) in [5.74, 6) is 9.84. The first kappa shape index (κ1) is 15.9. The molecule has 118 valence electrons. The predicted molar refractivity (Wildman–Crippen MR) is 95.1 cm³/mol. The van der Waals surface area contributed by atoms with Crippen LogP contribution in [0.4, 0.5) is 0 Å². The van der Waals surface area contributed by atoms with Gasteiger partial charge in [0.25, 0.3) is 0 Å². The van der Waals surface area contributed by atoms with E-state index in [1.165, 1.54) is 70.6 Å². The molecule has 2 aliphatic carbocycles. The van der Waals surface area contributed by atoms with Crippen molar-refractivity contribution < 1.29 is 0 Å². The Morgan fingerprint density at radius 3 is 1.86 bits per heavy atom. The molecule has 0 radical (unpaired) electrons. The molecule has 0 aromatic carbocycles. The smallest absolute Gasteiger partial charge is 0.0203 e. The summed E-state index contributed by atoms with van der Waals surface area (Å²) in [5, 5.41) is 0. The molecule has 3 rings (SSSR count). The van der Waals surface area contributed by atoms with E-state index in [1.54, 1.807) is 12.3 Å². The summed E-state index contributed by atoms with van der Waals surface area (Å²) >= 11 is 0. The van der Waals surface area contributed by atoms with E-state index in [9.17, 15) is 0 Å². The maximum absolute atomic E-state index is 3.68. The van der Waals surface area contributed by atoms with Gasteiger partial charge in [-0.15, -0.1) is 7.92 Å². The standard InChI is InChI=1S/C20H33P/c1-17-13-15-21(16-14-17)20-11-9-19(10-12-20)8-7-18-5-3-2-4-6-18/h17-20H,2-6,9-16H2,1H3. The molecule has 0 amide bonds. The Balaban J connectivity index is 1.41. The van der Waals surface area contributed by atoms with E-state index in [2.05, 4.69) is 18.8 Å². The van der Waals surface area contributed by atoms with Gasteiger partial charge in [-0.05, 0) is 75.3 Å². The highest BCUT2D eigenvalue weighted by Gasteiger charge is 2.29. The molecule has 1 aliphatic heterocycles. The van der Waals surface area contributed by atoms with Gasteiger partial charge in [0.1, 0.15) is 0 Å². The minimum Gasteiger partial charge on any atom is -0.104 e. The van der Waals surface area contributed by atoms with Crippen LogP contribution >= 0.6 is 7.92 Å². The summed E-state index contributed by atoms with van der Waals surface area (Å²) in [6, 6.07) is 0. The number of rotatable bonds is 1. The van der Waals surface area contributed by atoms with Gasteiger partial charge in [0.05, 0.1) is 0 Å². The molecule has 0 unspecified atom stereocenters. The Bertz CT molecular complexity index is 355. The molecule has 1 heterocycles. The van der Waals surface area contributed by atoms with Gasteiger partial charge in [0.2, 0.25) is 0 Å². The fourth-order valence-corrected chi connectivity index (χ4v) is 7.99. The van der Waals surface area contributed by atoms with Crippen LogP contribution in [0.25, 0.3) is 0 Å².